The highest BCUT2D eigenvalue weighted by molar-refractivity contribution is 5.76. The van der Waals surface area contributed by atoms with Crippen molar-refractivity contribution in [3.8, 4) is 0 Å². The SMILES string of the molecule is CCCCCCCCCCCCCCCCCCCCCCCC(=O)N[C@@H](CO[C@@H]1O[C@H](CO)[C@H](O)C(O)C1O)[C@H](O)CCCCCCCCCCCCCCCCC. The Kier molecular flexibility index (Phi) is 39.3. The minimum atomic E-state index is -1.55. The van der Waals surface area contributed by atoms with Crippen LogP contribution in [0.4, 0.5) is 0 Å². The lowest BCUT2D eigenvalue weighted by Crippen LogP contribution is -2.60. The van der Waals surface area contributed by atoms with Crippen LogP contribution in [0.25, 0.3) is 0 Å². The minimum Gasteiger partial charge on any atom is -0.394 e. The first-order chi connectivity index (χ1) is 28.8. The number of carbonyl (C=O) groups is 1. The highest BCUT2D eigenvalue weighted by atomic mass is 16.7. The molecule has 352 valence electrons. The molecule has 6 N–H and O–H groups in total. The predicted octanol–water partition coefficient (Wildman–Crippen LogP) is 11.5. The molecule has 0 spiro atoms. The fraction of sp³-hybridized carbons (Fsp3) is 0.980. The number of carbonyl (C=O) groups excluding carboxylic acids is 1. The van der Waals surface area contributed by atoms with Gasteiger partial charge in [-0.25, -0.2) is 0 Å². The summed E-state index contributed by atoms with van der Waals surface area (Å²) in [5, 5.41) is 54.5. The van der Waals surface area contributed by atoms with Gasteiger partial charge in [0.15, 0.2) is 6.29 Å². The topological polar surface area (TPSA) is 149 Å². The molecule has 0 bridgehead atoms. The van der Waals surface area contributed by atoms with Crippen LogP contribution in [0.5, 0.6) is 0 Å². The van der Waals surface area contributed by atoms with Gasteiger partial charge in [0.05, 0.1) is 25.4 Å². The summed E-state index contributed by atoms with van der Waals surface area (Å²) in [6, 6.07) is -0.712. The van der Waals surface area contributed by atoms with E-state index in [0.717, 1.165) is 38.5 Å². The number of aliphatic hydroxyl groups is 5. The van der Waals surface area contributed by atoms with E-state index in [1.54, 1.807) is 0 Å². The van der Waals surface area contributed by atoms with E-state index < -0.39 is 49.5 Å². The van der Waals surface area contributed by atoms with E-state index in [9.17, 15) is 30.3 Å². The molecule has 1 fully saturated rings. The summed E-state index contributed by atoms with van der Waals surface area (Å²) >= 11 is 0. The molecule has 9 heteroatoms. The lowest BCUT2D eigenvalue weighted by atomic mass is 9.99. The number of nitrogens with one attached hydrogen (secondary N) is 1. The number of ether oxygens (including phenoxy) is 2. The molecule has 0 radical (unpaired) electrons. The smallest absolute Gasteiger partial charge is 0.220 e. The molecule has 1 aliphatic heterocycles. The number of rotatable bonds is 44. The van der Waals surface area contributed by atoms with Crippen molar-refractivity contribution in [2.45, 2.75) is 301 Å². The molecule has 0 saturated carbocycles. The minimum absolute atomic E-state index is 0.131. The van der Waals surface area contributed by atoms with E-state index in [0.29, 0.717) is 12.8 Å². The Balaban J connectivity index is 2.24. The van der Waals surface area contributed by atoms with Gasteiger partial charge in [0, 0.05) is 6.42 Å². The quantitative estimate of drug-likeness (QED) is 0.0332. The third-order valence-corrected chi connectivity index (χ3v) is 12.7. The van der Waals surface area contributed by atoms with Crippen LogP contribution in [0.1, 0.15) is 258 Å². The third-order valence-electron chi connectivity index (χ3n) is 12.7. The average Bonchev–Trinajstić information content (AvgIpc) is 3.23. The van der Waals surface area contributed by atoms with Crippen LogP contribution in [0.3, 0.4) is 0 Å². The van der Waals surface area contributed by atoms with Gasteiger partial charge in [0.2, 0.25) is 5.91 Å². The van der Waals surface area contributed by atoms with Gasteiger partial charge in [0.1, 0.15) is 24.4 Å². The maximum atomic E-state index is 13.0. The molecule has 1 amide bonds. The number of aliphatic hydroxyl groups excluding tert-OH is 5. The second-order valence-corrected chi connectivity index (χ2v) is 18.3. The van der Waals surface area contributed by atoms with Crippen LogP contribution >= 0.6 is 0 Å². The molecule has 0 aromatic rings. The van der Waals surface area contributed by atoms with Crippen LogP contribution < -0.4 is 5.32 Å². The summed E-state index contributed by atoms with van der Waals surface area (Å²) in [5.74, 6) is -0.138. The molecule has 2 unspecified atom stereocenters. The molecule has 1 saturated heterocycles. The summed E-state index contributed by atoms with van der Waals surface area (Å²) in [4.78, 5) is 13.0. The Bertz CT molecular complexity index is 893. The second-order valence-electron chi connectivity index (χ2n) is 18.3. The van der Waals surface area contributed by atoms with Crippen molar-refractivity contribution < 1.29 is 39.8 Å². The maximum absolute atomic E-state index is 13.0. The third kappa shape index (κ3) is 31.6. The molecule has 9 nitrogen and oxygen atoms in total. The summed E-state index contributed by atoms with van der Waals surface area (Å²) < 4.78 is 11.3. The van der Waals surface area contributed by atoms with Crippen LogP contribution in [-0.2, 0) is 14.3 Å². The van der Waals surface area contributed by atoms with E-state index in [-0.39, 0.29) is 12.5 Å². The Morgan fingerprint density at radius 1 is 0.508 bits per heavy atom. The summed E-state index contributed by atoms with van der Waals surface area (Å²) in [6.07, 6.45) is 39.7. The van der Waals surface area contributed by atoms with Crippen LogP contribution in [0, 0.1) is 0 Å². The molecule has 1 rings (SSSR count). The molecule has 1 heterocycles. The molecule has 0 aromatic heterocycles. The zero-order chi connectivity index (χ0) is 43.0. The van der Waals surface area contributed by atoms with Gasteiger partial charge in [-0.1, -0.05) is 239 Å². The van der Waals surface area contributed by atoms with Crippen molar-refractivity contribution in [2.75, 3.05) is 13.2 Å². The van der Waals surface area contributed by atoms with Gasteiger partial charge < -0.3 is 40.3 Å². The van der Waals surface area contributed by atoms with Crippen molar-refractivity contribution in [2.24, 2.45) is 0 Å². The summed E-state index contributed by atoms with van der Waals surface area (Å²) in [5.41, 5.74) is 0. The van der Waals surface area contributed by atoms with E-state index >= 15 is 0 Å². The molecule has 7 atom stereocenters. The lowest BCUT2D eigenvalue weighted by Gasteiger charge is -2.40. The first-order valence-corrected chi connectivity index (χ1v) is 25.7. The number of hydrogen-bond donors (Lipinski definition) is 6. The maximum Gasteiger partial charge on any atom is 0.220 e. The van der Waals surface area contributed by atoms with Crippen molar-refractivity contribution in [1.82, 2.24) is 5.32 Å². The van der Waals surface area contributed by atoms with E-state index in [1.165, 1.54) is 193 Å². The molecular formula is C50H99NO8. The summed E-state index contributed by atoms with van der Waals surface area (Å²) in [6.45, 7) is 3.87. The molecule has 0 aliphatic carbocycles. The standard InChI is InChI=1S/C50H99NO8/c1-3-5-7-9-11-13-15-17-19-20-21-22-23-24-26-28-30-32-34-36-38-40-46(54)51-43(42-58-50-49(57)48(56)47(55)45(41-52)59-50)44(53)39-37-35-33-31-29-27-25-18-16-14-12-10-8-6-4-2/h43-45,47-50,52-53,55-57H,3-42H2,1-2H3,(H,51,54)/t43-,44+,45+,47-,48?,49?,50+/m0/s1. The largest absolute Gasteiger partial charge is 0.394 e. The Labute approximate surface area is 364 Å². The predicted molar refractivity (Wildman–Crippen MR) is 244 cm³/mol. The van der Waals surface area contributed by atoms with Gasteiger partial charge in [-0.3, -0.25) is 4.79 Å². The van der Waals surface area contributed by atoms with E-state index in [1.807, 2.05) is 0 Å². The van der Waals surface area contributed by atoms with Crippen molar-refractivity contribution in [3.63, 3.8) is 0 Å². The van der Waals surface area contributed by atoms with Gasteiger partial charge >= 0.3 is 0 Å². The Morgan fingerprint density at radius 3 is 1.20 bits per heavy atom. The zero-order valence-corrected chi connectivity index (χ0v) is 38.8. The summed E-state index contributed by atoms with van der Waals surface area (Å²) in [7, 11) is 0. The normalized spacial score (nSPS) is 20.6. The second kappa shape index (κ2) is 41.2. The fourth-order valence-electron chi connectivity index (χ4n) is 8.58. The van der Waals surface area contributed by atoms with Crippen molar-refractivity contribution >= 4 is 5.91 Å². The highest BCUT2D eigenvalue weighted by Crippen LogP contribution is 2.23. The van der Waals surface area contributed by atoms with Crippen molar-refractivity contribution in [3.05, 3.63) is 0 Å². The average molecular weight is 842 g/mol. The fourth-order valence-corrected chi connectivity index (χ4v) is 8.58. The number of unbranched alkanes of at least 4 members (excludes halogenated alkanes) is 34. The van der Waals surface area contributed by atoms with Gasteiger partial charge in [0.25, 0.3) is 0 Å². The highest BCUT2D eigenvalue weighted by Gasteiger charge is 2.44. The number of hydrogen-bond acceptors (Lipinski definition) is 8. The first-order valence-electron chi connectivity index (χ1n) is 25.7. The van der Waals surface area contributed by atoms with Gasteiger partial charge in [-0.05, 0) is 12.8 Å². The molecule has 59 heavy (non-hydrogen) atoms. The van der Waals surface area contributed by atoms with E-state index in [4.69, 9.17) is 9.47 Å². The number of amides is 1. The van der Waals surface area contributed by atoms with Gasteiger partial charge in [-0.15, -0.1) is 0 Å². The van der Waals surface area contributed by atoms with E-state index in [2.05, 4.69) is 19.2 Å². The van der Waals surface area contributed by atoms with Gasteiger partial charge in [-0.2, -0.15) is 0 Å². The molecule has 0 aromatic carbocycles. The van der Waals surface area contributed by atoms with Crippen LogP contribution in [0.15, 0.2) is 0 Å². The molecule has 1 aliphatic rings. The Morgan fingerprint density at radius 2 is 0.847 bits per heavy atom. The monoisotopic (exact) mass is 842 g/mol. The first kappa shape index (κ1) is 56.2. The Hall–Kier alpha value is -0.810. The lowest BCUT2D eigenvalue weighted by molar-refractivity contribution is -0.302. The van der Waals surface area contributed by atoms with Crippen LogP contribution in [0.2, 0.25) is 0 Å². The van der Waals surface area contributed by atoms with Crippen LogP contribution in [-0.4, -0.2) is 87.5 Å². The van der Waals surface area contributed by atoms with Crippen molar-refractivity contribution in [1.29, 1.82) is 0 Å². The molecular weight excluding hydrogens is 743 g/mol. The zero-order valence-electron chi connectivity index (χ0n) is 38.8.